The van der Waals surface area contributed by atoms with Crippen molar-refractivity contribution in [3.63, 3.8) is 0 Å². The predicted octanol–water partition coefficient (Wildman–Crippen LogP) is 3.84. The third-order valence-corrected chi connectivity index (χ3v) is 3.69. The highest BCUT2D eigenvalue weighted by Crippen LogP contribution is 2.23. The van der Waals surface area contributed by atoms with Gasteiger partial charge in [-0.2, -0.15) is 0 Å². The molecule has 0 spiro atoms. The average Bonchev–Trinajstić information content (AvgIpc) is 2.34. The van der Waals surface area contributed by atoms with Gasteiger partial charge in [0.2, 0.25) is 0 Å². The van der Waals surface area contributed by atoms with Crippen molar-refractivity contribution >= 4 is 11.4 Å². The number of aromatic nitrogens is 1. The van der Waals surface area contributed by atoms with Crippen molar-refractivity contribution in [1.29, 1.82) is 0 Å². The maximum atomic E-state index is 4.75. The van der Waals surface area contributed by atoms with E-state index in [-0.39, 0.29) is 5.54 Å². The fourth-order valence-corrected chi connectivity index (χ4v) is 2.16. The molecule has 1 saturated carbocycles. The minimum Gasteiger partial charge on any atom is -0.367 e. The number of nitrogens with one attached hydrogen (secondary N) is 2. The molecule has 20 heavy (non-hydrogen) atoms. The van der Waals surface area contributed by atoms with Gasteiger partial charge in [0, 0.05) is 18.1 Å². The maximum absolute atomic E-state index is 4.75. The Morgan fingerprint density at radius 3 is 2.65 bits per heavy atom. The zero-order valence-corrected chi connectivity index (χ0v) is 13.2. The van der Waals surface area contributed by atoms with E-state index in [1.165, 1.54) is 24.8 Å². The molecule has 0 amide bonds. The van der Waals surface area contributed by atoms with Crippen LogP contribution in [0.25, 0.3) is 5.57 Å². The van der Waals surface area contributed by atoms with Gasteiger partial charge >= 0.3 is 0 Å². The highest BCUT2D eigenvalue weighted by atomic mass is 15.0. The van der Waals surface area contributed by atoms with Crippen molar-refractivity contribution in [3.05, 3.63) is 30.0 Å². The number of hydrogen-bond donors (Lipinski definition) is 2. The molecule has 3 nitrogen and oxygen atoms in total. The highest BCUT2D eigenvalue weighted by Gasteiger charge is 2.17. The molecule has 0 aliphatic heterocycles. The minimum atomic E-state index is 0.121. The van der Waals surface area contributed by atoms with Crippen LogP contribution in [-0.2, 0) is 0 Å². The Morgan fingerprint density at radius 1 is 1.35 bits per heavy atom. The molecule has 0 aromatic carbocycles. The summed E-state index contributed by atoms with van der Waals surface area (Å²) in [6, 6.07) is 6.86. The molecule has 0 bridgehead atoms. The third kappa shape index (κ3) is 4.34. The van der Waals surface area contributed by atoms with E-state index in [4.69, 9.17) is 4.98 Å². The number of pyridine rings is 1. The molecule has 0 unspecified atom stereocenters. The molecular weight excluding hydrogens is 246 g/mol. The van der Waals surface area contributed by atoms with Crippen molar-refractivity contribution < 1.29 is 0 Å². The standard InChI is InChI=1S/C17H27N3/c1-5-13(12-18-17(2,3)4)15-10-7-11-16(20-15)19-14-8-6-9-14/h5,7,10-11,14,18H,6,8-9,12H2,1-4H3,(H,19,20)/b13-5-. The third-order valence-electron chi connectivity index (χ3n) is 3.69. The molecule has 0 atom stereocenters. The fraction of sp³-hybridized carbons (Fsp3) is 0.588. The molecule has 1 heterocycles. The molecule has 2 N–H and O–H groups in total. The predicted molar refractivity (Wildman–Crippen MR) is 86.9 cm³/mol. The zero-order valence-electron chi connectivity index (χ0n) is 13.2. The van der Waals surface area contributed by atoms with Crippen molar-refractivity contribution in [2.24, 2.45) is 0 Å². The van der Waals surface area contributed by atoms with Crippen LogP contribution in [0.3, 0.4) is 0 Å². The van der Waals surface area contributed by atoms with E-state index >= 15 is 0 Å². The average molecular weight is 273 g/mol. The van der Waals surface area contributed by atoms with Gasteiger partial charge in [-0.15, -0.1) is 0 Å². The van der Waals surface area contributed by atoms with Crippen LogP contribution >= 0.6 is 0 Å². The lowest BCUT2D eigenvalue weighted by Gasteiger charge is -2.27. The van der Waals surface area contributed by atoms with E-state index in [9.17, 15) is 0 Å². The summed E-state index contributed by atoms with van der Waals surface area (Å²) in [5.41, 5.74) is 2.43. The summed E-state index contributed by atoms with van der Waals surface area (Å²) in [6.07, 6.45) is 6.03. The van der Waals surface area contributed by atoms with E-state index in [1.54, 1.807) is 0 Å². The normalized spacial score (nSPS) is 16.9. The Bertz CT molecular complexity index is 467. The number of allylic oxidation sites excluding steroid dienone is 1. The van der Waals surface area contributed by atoms with Gasteiger partial charge in [-0.3, -0.25) is 0 Å². The van der Waals surface area contributed by atoms with Crippen molar-refractivity contribution in [1.82, 2.24) is 10.3 Å². The van der Waals surface area contributed by atoms with Crippen LogP contribution in [0.2, 0.25) is 0 Å². The van der Waals surface area contributed by atoms with E-state index in [0.29, 0.717) is 6.04 Å². The summed E-state index contributed by atoms with van der Waals surface area (Å²) in [4.78, 5) is 4.75. The lowest BCUT2D eigenvalue weighted by molar-refractivity contribution is 0.444. The molecule has 1 aromatic heterocycles. The van der Waals surface area contributed by atoms with E-state index in [0.717, 1.165) is 18.1 Å². The molecule has 1 aliphatic rings. The number of anilines is 1. The van der Waals surface area contributed by atoms with Crippen molar-refractivity contribution in [2.45, 2.75) is 58.5 Å². The minimum absolute atomic E-state index is 0.121. The molecular formula is C17H27N3. The number of nitrogens with zero attached hydrogens (tertiary/aromatic N) is 1. The zero-order chi connectivity index (χ0) is 14.6. The fourth-order valence-electron chi connectivity index (χ4n) is 2.16. The first-order valence-corrected chi connectivity index (χ1v) is 7.62. The van der Waals surface area contributed by atoms with Crippen molar-refractivity contribution in [3.8, 4) is 0 Å². The van der Waals surface area contributed by atoms with Crippen molar-refractivity contribution in [2.75, 3.05) is 11.9 Å². The van der Waals surface area contributed by atoms with Crippen LogP contribution in [0.15, 0.2) is 24.3 Å². The molecule has 1 fully saturated rings. The monoisotopic (exact) mass is 273 g/mol. The van der Waals surface area contributed by atoms with E-state index < -0.39 is 0 Å². The van der Waals surface area contributed by atoms with Crippen LogP contribution in [0, 0.1) is 0 Å². The van der Waals surface area contributed by atoms with Crippen LogP contribution in [-0.4, -0.2) is 23.1 Å². The summed E-state index contributed by atoms with van der Waals surface area (Å²) in [5.74, 6) is 1.00. The second kappa shape index (κ2) is 6.40. The largest absolute Gasteiger partial charge is 0.367 e. The Hall–Kier alpha value is -1.35. The molecule has 2 rings (SSSR count). The van der Waals surface area contributed by atoms with Gasteiger partial charge in [0.05, 0.1) is 5.69 Å². The van der Waals surface area contributed by atoms with E-state index in [1.807, 2.05) is 0 Å². The molecule has 0 radical (unpaired) electrons. The molecule has 110 valence electrons. The second-order valence-corrected chi connectivity index (χ2v) is 6.60. The first kappa shape index (κ1) is 15.0. The lowest BCUT2D eigenvalue weighted by atomic mass is 9.93. The van der Waals surface area contributed by atoms with Gasteiger partial charge in [0.15, 0.2) is 0 Å². The molecule has 0 saturated heterocycles. The van der Waals surface area contributed by atoms with Gasteiger partial charge < -0.3 is 10.6 Å². The summed E-state index contributed by atoms with van der Waals surface area (Å²) in [6.45, 7) is 9.47. The van der Waals surface area contributed by atoms with Crippen LogP contribution in [0.1, 0.15) is 52.7 Å². The smallest absolute Gasteiger partial charge is 0.126 e. The summed E-state index contributed by atoms with van der Waals surface area (Å²) in [5, 5.41) is 7.04. The van der Waals surface area contributed by atoms with E-state index in [2.05, 4.69) is 62.6 Å². The Kier molecular flexibility index (Phi) is 4.81. The molecule has 1 aliphatic carbocycles. The van der Waals surface area contributed by atoms with Gasteiger partial charge in [-0.25, -0.2) is 4.98 Å². The Morgan fingerprint density at radius 2 is 2.10 bits per heavy atom. The summed E-state index contributed by atoms with van der Waals surface area (Å²) in [7, 11) is 0. The summed E-state index contributed by atoms with van der Waals surface area (Å²) < 4.78 is 0. The van der Waals surface area contributed by atoms with Gasteiger partial charge in [-0.05, 0) is 64.7 Å². The Balaban J connectivity index is 2.03. The van der Waals surface area contributed by atoms with Crippen LogP contribution in [0.5, 0.6) is 0 Å². The van der Waals surface area contributed by atoms with Gasteiger partial charge in [0.25, 0.3) is 0 Å². The van der Waals surface area contributed by atoms with Crippen LogP contribution < -0.4 is 10.6 Å². The SMILES string of the molecule is C/C=C(/CNC(C)(C)C)c1cccc(NC2CCC2)n1. The van der Waals surface area contributed by atoms with Crippen LogP contribution in [0.4, 0.5) is 5.82 Å². The first-order chi connectivity index (χ1) is 9.48. The van der Waals surface area contributed by atoms with Gasteiger partial charge in [0.1, 0.15) is 5.82 Å². The highest BCUT2D eigenvalue weighted by molar-refractivity contribution is 5.65. The topological polar surface area (TPSA) is 37.0 Å². The summed E-state index contributed by atoms with van der Waals surface area (Å²) >= 11 is 0. The van der Waals surface area contributed by atoms with Gasteiger partial charge in [-0.1, -0.05) is 12.1 Å². The quantitative estimate of drug-likeness (QED) is 0.856. The second-order valence-electron chi connectivity index (χ2n) is 6.60. The lowest BCUT2D eigenvalue weighted by Crippen LogP contribution is -2.36. The Labute approximate surface area is 122 Å². The molecule has 1 aromatic rings. The number of rotatable bonds is 5. The first-order valence-electron chi connectivity index (χ1n) is 7.62. The molecule has 3 heteroatoms. The number of hydrogen-bond acceptors (Lipinski definition) is 3. The maximum Gasteiger partial charge on any atom is 0.126 e.